The fourth-order valence-corrected chi connectivity index (χ4v) is 5.81. The second kappa shape index (κ2) is 8.94. The molecule has 1 atom stereocenters. The van der Waals surface area contributed by atoms with Gasteiger partial charge in [0, 0.05) is 5.56 Å². The summed E-state index contributed by atoms with van der Waals surface area (Å²) in [6.45, 7) is 2.46. The van der Waals surface area contributed by atoms with Crippen LogP contribution in [0.25, 0.3) is 21.2 Å². The molecule has 0 aliphatic carbocycles. The lowest BCUT2D eigenvalue weighted by atomic mass is 9.97. The number of ether oxygens (including phenoxy) is 3. The molecule has 1 aliphatic rings. The molecule has 0 saturated heterocycles. The van der Waals surface area contributed by atoms with Crippen molar-refractivity contribution in [3.63, 3.8) is 0 Å². The van der Waals surface area contributed by atoms with E-state index in [1.165, 1.54) is 23.3 Å². The van der Waals surface area contributed by atoms with Crippen LogP contribution in [-0.2, 0) is 0 Å². The Kier molecular flexibility index (Phi) is 5.57. The van der Waals surface area contributed by atoms with Gasteiger partial charge in [-0.05, 0) is 43.3 Å². The van der Waals surface area contributed by atoms with Crippen molar-refractivity contribution in [2.75, 3.05) is 25.7 Å². The number of thiazole rings is 1. The molecule has 6 rings (SSSR count). The van der Waals surface area contributed by atoms with Crippen molar-refractivity contribution in [1.29, 1.82) is 0 Å². The van der Waals surface area contributed by atoms with E-state index in [-0.39, 0.29) is 16.8 Å². The molecule has 0 N–H and O–H groups in total. The van der Waals surface area contributed by atoms with Gasteiger partial charge >= 0.3 is 0 Å². The number of hydrogen-bond donors (Lipinski definition) is 0. The average Bonchev–Trinajstić information content (AvgIpc) is 3.46. The predicted molar refractivity (Wildman–Crippen MR) is 141 cm³/mol. The number of benzene rings is 3. The second-order valence-electron chi connectivity index (χ2n) is 8.39. The third-order valence-electron chi connectivity index (χ3n) is 6.37. The van der Waals surface area contributed by atoms with E-state index in [2.05, 4.69) is 0 Å². The van der Waals surface area contributed by atoms with Gasteiger partial charge in [0.25, 0.3) is 5.91 Å². The van der Waals surface area contributed by atoms with Crippen LogP contribution in [0.2, 0.25) is 0 Å². The van der Waals surface area contributed by atoms with Crippen molar-refractivity contribution in [2.24, 2.45) is 0 Å². The Labute approximate surface area is 215 Å². The number of para-hydroxylation sites is 2. The third-order valence-corrected chi connectivity index (χ3v) is 7.39. The average molecular weight is 515 g/mol. The summed E-state index contributed by atoms with van der Waals surface area (Å²) >= 11 is 1.34. The molecule has 186 valence electrons. The summed E-state index contributed by atoms with van der Waals surface area (Å²) in [5, 5.41) is 0.826. The van der Waals surface area contributed by atoms with Crippen molar-refractivity contribution in [2.45, 2.75) is 13.0 Å². The zero-order valence-corrected chi connectivity index (χ0v) is 21.1. The minimum atomic E-state index is -0.833. The van der Waals surface area contributed by atoms with E-state index in [4.69, 9.17) is 23.6 Å². The summed E-state index contributed by atoms with van der Waals surface area (Å²) in [5.41, 5.74) is 1.62. The van der Waals surface area contributed by atoms with E-state index in [1.807, 2.05) is 31.2 Å². The number of fused-ring (bicyclic) bond motifs is 3. The van der Waals surface area contributed by atoms with Gasteiger partial charge in [0.15, 0.2) is 22.1 Å². The van der Waals surface area contributed by atoms with Gasteiger partial charge in [0.05, 0.1) is 42.0 Å². The van der Waals surface area contributed by atoms with E-state index in [9.17, 15) is 9.59 Å². The Morgan fingerprint density at radius 2 is 1.86 bits per heavy atom. The number of amides is 1. The maximum absolute atomic E-state index is 13.9. The molecule has 8 nitrogen and oxygen atoms in total. The minimum Gasteiger partial charge on any atom is -0.494 e. The SMILES string of the molecule is CCOc1ccc2nc(N3C(=O)c4oc5ccccc5c(=O)c4[C@@H]3c3cccc(OC)c3OC)sc2c1. The molecule has 0 radical (unpaired) electrons. The van der Waals surface area contributed by atoms with E-state index < -0.39 is 11.9 Å². The quantitative estimate of drug-likeness (QED) is 0.293. The number of rotatable bonds is 6. The van der Waals surface area contributed by atoms with Crippen LogP contribution in [0.15, 0.2) is 69.9 Å². The van der Waals surface area contributed by atoms with E-state index in [1.54, 1.807) is 43.5 Å². The maximum Gasteiger partial charge on any atom is 0.297 e. The van der Waals surface area contributed by atoms with E-state index in [0.717, 1.165) is 10.4 Å². The number of methoxy groups -OCH3 is 2. The van der Waals surface area contributed by atoms with Crippen LogP contribution in [0.1, 0.15) is 34.6 Å². The van der Waals surface area contributed by atoms with Gasteiger partial charge in [-0.25, -0.2) is 4.98 Å². The van der Waals surface area contributed by atoms with Crippen LogP contribution < -0.4 is 24.5 Å². The Morgan fingerprint density at radius 1 is 1.03 bits per heavy atom. The summed E-state index contributed by atoms with van der Waals surface area (Å²) in [4.78, 5) is 34.0. The van der Waals surface area contributed by atoms with Gasteiger partial charge in [-0.2, -0.15) is 0 Å². The number of aromatic nitrogens is 1. The Bertz CT molecular complexity index is 1740. The van der Waals surface area contributed by atoms with Crippen LogP contribution in [0.5, 0.6) is 17.2 Å². The molecule has 5 aromatic rings. The first-order chi connectivity index (χ1) is 18.0. The zero-order valence-electron chi connectivity index (χ0n) is 20.3. The highest BCUT2D eigenvalue weighted by molar-refractivity contribution is 7.22. The smallest absolute Gasteiger partial charge is 0.297 e. The molecule has 37 heavy (non-hydrogen) atoms. The fraction of sp³-hybridized carbons (Fsp3) is 0.179. The van der Waals surface area contributed by atoms with Crippen molar-refractivity contribution in [3.8, 4) is 17.2 Å². The van der Waals surface area contributed by atoms with E-state index >= 15 is 0 Å². The van der Waals surface area contributed by atoms with Gasteiger partial charge in [-0.1, -0.05) is 35.6 Å². The summed E-state index contributed by atoms with van der Waals surface area (Å²) in [6.07, 6.45) is 0. The minimum absolute atomic E-state index is 0.00663. The highest BCUT2D eigenvalue weighted by Gasteiger charge is 2.46. The maximum atomic E-state index is 13.9. The highest BCUT2D eigenvalue weighted by Crippen LogP contribution is 2.47. The first-order valence-electron chi connectivity index (χ1n) is 11.7. The molecular formula is C28H22N2O6S. The largest absolute Gasteiger partial charge is 0.494 e. The number of anilines is 1. The molecule has 0 bridgehead atoms. The molecule has 1 aliphatic heterocycles. The summed E-state index contributed by atoms with van der Waals surface area (Å²) < 4.78 is 23.8. The lowest BCUT2D eigenvalue weighted by molar-refractivity contribution is 0.0970. The summed E-state index contributed by atoms with van der Waals surface area (Å²) in [6, 6.07) is 17.0. The molecule has 0 spiro atoms. The third kappa shape index (κ3) is 3.54. The lowest BCUT2D eigenvalue weighted by Crippen LogP contribution is -2.29. The molecule has 9 heteroatoms. The summed E-state index contributed by atoms with van der Waals surface area (Å²) in [5.74, 6) is 1.17. The van der Waals surface area contributed by atoms with Crippen LogP contribution >= 0.6 is 11.3 Å². The number of carbonyl (C=O) groups excluding carboxylic acids is 1. The Hall–Kier alpha value is -4.37. The monoisotopic (exact) mass is 514 g/mol. The van der Waals surface area contributed by atoms with Crippen LogP contribution in [0, 0.1) is 0 Å². The zero-order chi connectivity index (χ0) is 25.7. The first-order valence-corrected chi connectivity index (χ1v) is 12.5. The molecule has 3 heterocycles. The van der Waals surface area contributed by atoms with Crippen molar-refractivity contribution in [1.82, 2.24) is 4.98 Å². The topological polar surface area (TPSA) is 91.1 Å². The van der Waals surface area contributed by atoms with Crippen LogP contribution in [0.3, 0.4) is 0 Å². The predicted octanol–water partition coefficient (Wildman–Crippen LogP) is 5.57. The number of carbonyl (C=O) groups is 1. The van der Waals surface area contributed by atoms with Gasteiger partial charge in [0.2, 0.25) is 5.76 Å². The fourth-order valence-electron chi connectivity index (χ4n) is 4.79. The van der Waals surface area contributed by atoms with Crippen molar-refractivity contribution < 1.29 is 23.4 Å². The van der Waals surface area contributed by atoms with Gasteiger partial charge in [-0.3, -0.25) is 14.5 Å². The standard InChI is InChI=1S/C28H22N2O6S/c1-4-35-15-12-13-18-21(14-15)37-28(29-18)30-23(17-9-7-11-20(33-2)25(17)34-3)22-24(31)16-8-5-6-10-19(16)36-26(22)27(30)32/h5-14,23H,4H2,1-3H3/t23-/m0/s1. The van der Waals surface area contributed by atoms with Gasteiger partial charge in [0.1, 0.15) is 17.4 Å². The van der Waals surface area contributed by atoms with Gasteiger partial charge < -0.3 is 18.6 Å². The highest BCUT2D eigenvalue weighted by atomic mass is 32.1. The van der Waals surface area contributed by atoms with E-state index in [0.29, 0.717) is 45.3 Å². The normalized spacial score (nSPS) is 14.8. The molecule has 1 amide bonds. The molecule has 2 aromatic heterocycles. The molecule has 0 saturated carbocycles. The van der Waals surface area contributed by atoms with Gasteiger partial charge in [-0.15, -0.1) is 0 Å². The molecule has 0 fully saturated rings. The summed E-state index contributed by atoms with van der Waals surface area (Å²) in [7, 11) is 3.07. The van der Waals surface area contributed by atoms with Crippen molar-refractivity contribution in [3.05, 3.63) is 87.8 Å². The molecule has 0 unspecified atom stereocenters. The second-order valence-corrected chi connectivity index (χ2v) is 9.40. The van der Waals surface area contributed by atoms with Crippen LogP contribution in [0.4, 0.5) is 5.13 Å². The Morgan fingerprint density at radius 3 is 2.65 bits per heavy atom. The Balaban J connectivity index is 1.63. The number of nitrogens with zero attached hydrogens (tertiary/aromatic N) is 2. The molecular weight excluding hydrogens is 492 g/mol. The first kappa shape index (κ1) is 23.1. The van der Waals surface area contributed by atoms with Crippen molar-refractivity contribution >= 4 is 43.6 Å². The lowest BCUT2D eigenvalue weighted by Gasteiger charge is -2.24. The molecule has 3 aromatic carbocycles. The van der Waals surface area contributed by atoms with Crippen LogP contribution in [-0.4, -0.2) is 31.7 Å². The number of hydrogen-bond acceptors (Lipinski definition) is 8.